The van der Waals surface area contributed by atoms with E-state index in [1.807, 2.05) is 6.07 Å². The van der Waals surface area contributed by atoms with Crippen LogP contribution in [0.15, 0.2) is 48.5 Å². The van der Waals surface area contributed by atoms with E-state index in [0.717, 1.165) is 32.5 Å². The van der Waals surface area contributed by atoms with Gasteiger partial charge in [-0.15, -0.1) is 0 Å². The summed E-state index contributed by atoms with van der Waals surface area (Å²) in [6.07, 6.45) is 2.21. The minimum absolute atomic E-state index is 0.0470. The Hall–Kier alpha value is -3.06. The highest BCUT2D eigenvalue weighted by Gasteiger charge is 2.37. The molecule has 2 atom stereocenters. The summed E-state index contributed by atoms with van der Waals surface area (Å²) < 4.78 is 10.7. The number of rotatable bonds is 7. The number of likely N-dealkylation sites (tertiary alicyclic amines) is 1. The maximum absolute atomic E-state index is 13.0. The minimum atomic E-state index is -0.372. The van der Waals surface area contributed by atoms with Crippen molar-refractivity contribution < 1.29 is 19.1 Å². The predicted molar refractivity (Wildman–Crippen MR) is 123 cm³/mol. The zero-order valence-corrected chi connectivity index (χ0v) is 18.8. The van der Waals surface area contributed by atoms with Crippen LogP contribution in [0.1, 0.15) is 24.8 Å². The number of nitrogens with one attached hydrogen (secondary N) is 1. The lowest BCUT2D eigenvalue weighted by atomic mass is 10.0. The van der Waals surface area contributed by atoms with Gasteiger partial charge in [0.1, 0.15) is 11.5 Å². The number of benzene rings is 2. The number of ether oxygens (including phenoxy) is 2. The second-order valence-electron chi connectivity index (χ2n) is 8.51. The number of anilines is 1. The van der Waals surface area contributed by atoms with E-state index in [-0.39, 0.29) is 30.2 Å². The molecule has 1 N–H and O–H groups in total. The van der Waals surface area contributed by atoms with E-state index < -0.39 is 0 Å². The fourth-order valence-electron chi connectivity index (χ4n) is 4.60. The van der Waals surface area contributed by atoms with Gasteiger partial charge in [-0.05, 0) is 37.1 Å². The van der Waals surface area contributed by atoms with Gasteiger partial charge < -0.3 is 19.7 Å². The molecule has 7 heteroatoms. The van der Waals surface area contributed by atoms with Gasteiger partial charge in [-0.1, -0.05) is 30.3 Å². The molecule has 0 aromatic heterocycles. The van der Waals surface area contributed by atoms with Crippen molar-refractivity contribution in [1.82, 2.24) is 10.2 Å². The van der Waals surface area contributed by atoms with E-state index >= 15 is 0 Å². The number of carbonyl (C=O) groups is 2. The largest absolute Gasteiger partial charge is 0.497 e. The van der Waals surface area contributed by atoms with Crippen molar-refractivity contribution in [2.45, 2.75) is 31.8 Å². The van der Waals surface area contributed by atoms with Gasteiger partial charge >= 0.3 is 0 Å². The van der Waals surface area contributed by atoms with Crippen LogP contribution in [0.2, 0.25) is 0 Å². The molecule has 2 aliphatic rings. The summed E-state index contributed by atoms with van der Waals surface area (Å²) in [5.41, 5.74) is 1.92. The second-order valence-corrected chi connectivity index (χ2v) is 8.51. The third kappa shape index (κ3) is 5.05. The van der Waals surface area contributed by atoms with Gasteiger partial charge in [0.25, 0.3) is 0 Å². The van der Waals surface area contributed by atoms with Crippen LogP contribution in [0.5, 0.6) is 11.5 Å². The summed E-state index contributed by atoms with van der Waals surface area (Å²) in [6, 6.07) is 15.8. The maximum atomic E-state index is 13.0. The van der Waals surface area contributed by atoms with E-state index in [0.29, 0.717) is 23.7 Å². The molecule has 4 rings (SSSR count). The van der Waals surface area contributed by atoms with Crippen LogP contribution in [-0.2, 0) is 16.1 Å². The number of hydrogen-bond donors (Lipinski definition) is 1. The van der Waals surface area contributed by atoms with Gasteiger partial charge in [-0.25, -0.2) is 0 Å². The summed E-state index contributed by atoms with van der Waals surface area (Å²) in [7, 11) is 3.15. The van der Waals surface area contributed by atoms with Crippen molar-refractivity contribution in [2.75, 3.05) is 38.8 Å². The van der Waals surface area contributed by atoms with Crippen molar-refractivity contribution >= 4 is 17.5 Å². The van der Waals surface area contributed by atoms with Crippen LogP contribution in [-0.4, -0.2) is 56.6 Å². The van der Waals surface area contributed by atoms with Crippen LogP contribution in [0.3, 0.4) is 0 Å². The Morgan fingerprint density at radius 3 is 2.66 bits per heavy atom. The lowest BCUT2D eigenvalue weighted by Crippen LogP contribution is -2.49. The summed E-state index contributed by atoms with van der Waals surface area (Å²) >= 11 is 0. The molecule has 0 aliphatic carbocycles. The number of piperidine rings is 1. The Kier molecular flexibility index (Phi) is 6.95. The van der Waals surface area contributed by atoms with Crippen LogP contribution < -0.4 is 19.7 Å². The predicted octanol–water partition coefficient (Wildman–Crippen LogP) is 2.84. The molecule has 170 valence electrons. The summed E-state index contributed by atoms with van der Waals surface area (Å²) in [4.78, 5) is 29.8. The van der Waals surface area contributed by atoms with Crippen LogP contribution >= 0.6 is 0 Å². The summed E-state index contributed by atoms with van der Waals surface area (Å²) in [5.74, 6) is 0.731. The Morgan fingerprint density at radius 1 is 1.09 bits per heavy atom. The summed E-state index contributed by atoms with van der Waals surface area (Å²) in [5, 5.41) is 3.20. The van der Waals surface area contributed by atoms with Crippen LogP contribution in [0.4, 0.5) is 5.69 Å². The number of nitrogens with zero attached hydrogens (tertiary/aromatic N) is 2. The maximum Gasteiger partial charge on any atom is 0.227 e. The van der Waals surface area contributed by atoms with Crippen molar-refractivity contribution in [1.29, 1.82) is 0 Å². The van der Waals surface area contributed by atoms with E-state index in [1.165, 1.54) is 5.56 Å². The normalized spacial score (nSPS) is 21.4. The van der Waals surface area contributed by atoms with Gasteiger partial charge in [0.15, 0.2) is 0 Å². The highest BCUT2D eigenvalue weighted by Crippen LogP contribution is 2.36. The number of methoxy groups -OCH3 is 2. The highest BCUT2D eigenvalue weighted by atomic mass is 16.5. The topological polar surface area (TPSA) is 71.1 Å². The standard InChI is InChI=1S/C25H31N3O4/c1-31-21-10-11-23(32-2)22(14-21)28-16-19(13-24(28)29)25(30)26-20-9-6-12-27(17-20)15-18-7-4-3-5-8-18/h3-5,7-8,10-11,14,19-20H,6,9,12-13,15-17H2,1-2H3,(H,26,30). The smallest absolute Gasteiger partial charge is 0.227 e. The number of amides is 2. The number of hydrogen-bond acceptors (Lipinski definition) is 5. The summed E-state index contributed by atoms with van der Waals surface area (Å²) in [6.45, 7) is 3.09. The van der Waals surface area contributed by atoms with Crippen molar-refractivity contribution in [3.63, 3.8) is 0 Å². The van der Waals surface area contributed by atoms with Crippen molar-refractivity contribution in [3.05, 3.63) is 54.1 Å². The minimum Gasteiger partial charge on any atom is -0.497 e. The molecule has 2 aromatic carbocycles. The lowest BCUT2D eigenvalue weighted by molar-refractivity contribution is -0.127. The van der Waals surface area contributed by atoms with Gasteiger partial charge in [-0.2, -0.15) is 0 Å². The van der Waals surface area contributed by atoms with Crippen LogP contribution in [0.25, 0.3) is 0 Å². The van der Waals surface area contributed by atoms with Gasteiger partial charge in [-0.3, -0.25) is 14.5 Å². The first kappa shape index (κ1) is 22.1. The number of carbonyl (C=O) groups excluding carboxylic acids is 2. The first-order chi connectivity index (χ1) is 15.6. The van der Waals surface area contributed by atoms with Crippen molar-refractivity contribution in [3.8, 4) is 11.5 Å². The highest BCUT2D eigenvalue weighted by molar-refractivity contribution is 6.01. The first-order valence-corrected chi connectivity index (χ1v) is 11.2. The Labute approximate surface area is 189 Å². The van der Waals surface area contributed by atoms with E-state index in [2.05, 4.69) is 34.5 Å². The SMILES string of the molecule is COc1ccc(OC)c(N2CC(C(=O)NC3CCCN(Cc4ccccc4)C3)CC2=O)c1. The third-order valence-corrected chi connectivity index (χ3v) is 6.27. The Bertz CT molecular complexity index is 949. The molecular formula is C25H31N3O4. The first-order valence-electron chi connectivity index (χ1n) is 11.2. The molecule has 0 bridgehead atoms. The third-order valence-electron chi connectivity index (χ3n) is 6.27. The molecule has 7 nitrogen and oxygen atoms in total. The molecule has 0 saturated carbocycles. The monoisotopic (exact) mass is 437 g/mol. The molecule has 2 heterocycles. The molecule has 2 aliphatic heterocycles. The molecule has 0 radical (unpaired) electrons. The lowest BCUT2D eigenvalue weighted by Gasteiger charge is -2.33. The molecule has 2 fully saturated rings. The van der Waals surface area contributed by atoms with E-state index in [9.17, 15) is 9.59 Å². The molecule has 2 unspecified atom stereocenters. The molecule has 2 aromatic rings. The average molecular weight is 438 g/mol. The van der Waals surface area contributed by atoms with Crippen molar-refractivity contribution in [2.24, 2.45) is 5.92 Å². The molecule has 2 saturated heterocycles. The van der Waals surface area contributed by atoms with Crippen LogP contribution in [0, 0.1) is 5.92 Å². The average Bonchev–Trinajstić information content (AvgIpc) is 3.21. The quantitative estimate of drug-likeness (QED) is 0.721. The van der Waals surface area contributed by atoms with E-state index in [4.69, 9.17) is 9.47 Å². The fourth-order valence-corrected chi connectivity index (χ4v) is 4.60. The Balaban J connectivity index is 1.37. The molecule has 2 amide bonds. The Morgan fingerprint density at radius 2 is 1.91 bits per heavy atom. The van der Waals surface area contributed by atoms with Gasteiger partial charge in [0.05, 0.1) is 25.8 Å². The molecule has 0 spiro atoms. The molecule has 32 heavy (non-hydrogen) atoms. The van der Waals surface area contributed by atoms with Gasteiger partial charge in [0.2, 0.25) is 11.8 Å². The second kappa shape index (κ2) is 10.0. The molecular weight excluding hydrogens is 406 g/mol. The van der Waals surface area contributed by atoms with Gasteiger partial charge in [0, 0.05) is 38.2 Å². The fraction of sp³-hybridized carbons (Fsp3) is 0.440. The zero-order valence-electron chi connectivity index (χ0n) is 18.8. The zero-order chi connectivity index (χ0) is 22.5. The van der Waals surface area contributed by atoms with E-state index in [1.54, 1.807) is 37.3 Å².